The summed E-state index contributed by atoms with van der Waals surface area (Å²) in [6, 6.07) is 79.3. The Labute approximate surface area is 344 Å². The molecule has 276 valence electrons. The van der Waals surface area contributed by atoms with Gasteiger partial charge in [0.2, 0.25) is 0 Å². The van der Waals surface area contributed by atoms with Gasteiger partial charge < -0.3 is 14.0 Å². The van der Waals surface area contributed by atoms with Crippen LogP contribution in [0.4, 0.5) is 0 Å². The van der Waals surface area contributed by atoms with Gasteiger partial charge in [0.05, 0.1) is 11.0 Å². The maximum atomic E-state index is 7.06. The fraction of sp³-hybridized carbons (Fsp3) is 0. The lowest BCUT2D eigenvalue weighted by molar-refractivity contribution is 0.479. The molecule has 0 saturated heterocycles. The van der Waals surface area contributed by atoms with Crippen molar-refractivity contribution < 1.29 is 9.39 Å². The van der Waals surface area contributed by atoms with E-state index >= 15 is 0 Å². The Bertz CT molecular complexity index is 3070. The summed E-state index contributed by atoms with van der Waals surface area (Å²) in [5.41, 5.74) is 10.1. The Balaban J connectivity index is 0.933. The van der Waals surface area contributed by atoms with E-state index < -0.39 is 8.07 Å². The third kappa shape index (κ3) is 5.15. The maximum absolute atomic E-state index is 7.06. The predicted molar refractivity (Wildman–Crippen MR) is 247 cm³/mol. The van der Waals surface area contributed by atoms with Gasteiger partial charge in [0, 0.05) is 32.9 Å². The number of aromatic nitrogens is 1. The molecule has 0 saturated carbocycles. The van der Waals surface area contributed by atoms with Crippen LogP contribution in [0.5, 0.6) is 17.2 Å². The highest BCUT2D eigenvalue weighted by molar-refractivity contribution is 7.20. The molecule has 1 aromatic heterocycles. The van der Waals surface area contributed by atoms with Gasteiger partial charge in [0.15, 0.2) is 8.07 Å². The number of ether oxygens (including phenoxy) is 1. The lowest BCUT2D eigenvalue weighted by Crippen LogP contribution is -2.74. The van der Waals surface area contributed by atoms with Crippen molar-refractivity contribution in [2.24, 2.45) is 0 Å². The highest BCUT2D eigenvalue weighted by Crippen LogP contribution is 2.40. The average molecular weight is 770 g/mol. The monoisotopic (exact) mass is 769 g/mol. The van der Waals surface area contributed by atoms with Crippen molar-refractivity contribution >= 4 is 68.5 Å². The summed E-state index contributed by atoms with van der Waals surface area (Å²) in [6.45, 7) is -0.283. The summed E-state index contributed by atoms with van der Waals surface area (Å²) in [6.07, 6.45) is 0. The Morgan fingerprint density at radius 1 is 0.390 bits per heavy atom. The summed E-state index contributed by atoms with van der Waals surface area (Å²) >= 11 is 0. The molecular formula is C54H36BNO2Si. The van der Waals surface area contributed by atoms with Gasteiger partial charge in [-0.1, -0.05) is 176 Å². The predicted octanol–water partition coefficient (Wildman–Crippen LogP) is 9.10. The highest BCUT2D eigenvalue weighted by atomic mass is 28.3. The number of nitrogens with zero attached hydrogens (tertiary/aromatic N) is 1. The Hall–Kier alpha value is -7.34. The topological polar surface area (TPSA) is 23.4 Å². The van der Waals surface area contributed by atoms with Gasteiger partial charge in [-0.2, -0.15) is 0 Å². The summed E-state index contributed by atoms with van der Waals surface area (Å²) in [5, 5.41) is 7.86. The zero-order valence-electron chi connectivity index (χ0n) is 32.1. The van der Waals surface area contributed by atoms with Gasteiger partial charge in [-0.3, -0.25) is 0 Å². The van der Waals surface area contributed by atoms with Crippen molar-refractivity contribution in [1.82, 2.24) is 4.57 Å². The van der Waals surface area contributed by atoms with E-state index in [1.165, 1.54) is 42.6 Å². The quantitative estimate of drug-likeness (QED) is 0.125. The van der Waals surface area contributed by atoms with E-state index in [1.807, 2.05) is 0 Å². The van der Waals surface area contributed by atoms with Crippen LogP contribution in [0.25, 0.3) is 49.7 Å². The molecule has 0 amide bonds. The standard InChI is InChI=1S/C54H36BNO2Si/c1-4-15-40(16-5-1)59(41-17-6-2-7-18-41,42-19-8-3-9-20-42)43-32-34-51-47(36-43)46-23-14-26-52-54(46)55(58-51)48-33-29-38(35-53(48)57-52)37-27-30-39(31-28-37)56-49-24-12-10-21-44(49)45-22-11-13-25-50(45)56/h1-36H. The number of hydrogen-bond acceptors (Lipinski definition) is 2. The summed E-state index contributed by atoms with van der Waals surface area (Å²) in [7, 11) is -2.73. The molecule has 9 aromatic carbocycles. The van der Waals surface area contributed by atoms with Crippen LogP contribution in [0.1, 0.15) is 0 Å². The Kier molecular flexibility index (Phi) is 7.65. The van der Waals surface area contributed by atoms with Crippen LogP contribution in [0.2, 0.25) is 0 Å². The second kappa shape index (κ2) is 13.4. The van der Waals surface area contributed by atoms with E-state index in [4.69, 9.17) is 9.39 Å². The van der Waals surface area contributed by atoms with E-state index in [0.29, 0.717) is 0 Å². The molecule has 12 rings (SSSR count). The normalized spacial score (nSPS) is 12.6. The SMILES string of the molecule is c1ccc([Si](c2ccccc2)(c2ccccc2)c2ccc3c(c2)-c2cccc4c2B(O3)c2ccc(-c3ccc(-n5c6ccccc6c6ccccc65)cc3)cc2O4)cc1. The number of hydrogen-bond donors (Lipinski definition) is 0. The second-order valence-corrected chi connectivity index (χ2v) is 19.4. The third-order valence-corrected chi connectivity index (χ3v) is 17.2. The van der Waals surface area contributed by atoms with Crippen LogP contribution >= 0.6 is 0 Å². The maximum Gasteiger partial charge on any atom is 0.434 e. The molecule has 0 spiro atoms. The Morgan fingerprint density at radius 2 is 0.966 bits per heavy atom. The minimum absolute atomic E-state index is 0.283. The molecule has 2 aliphatic rings. The Morgan fingerprint density at radius 3 is 1.59 bits per heavy atom. The number of benzene rings is 9. The molecule has 59 heavy (non-hydrogen) atoms. The summed E-state index contributed by atoms with van der Waals surface area (Å²) in [4.78, 5) is 0. The molecule has 0 aliphatic carbocycles. The van der Waals surface area contributed by atoms with Crippen LogP contribution in [0.15, 0.2) is 218 Å². The lowest BCUT2D eigenvalue weighted by Gasteiger charge is -2.36. The molecule has 3 heterocycles. The van der Waals surface area contributed by atoms with Gasteiger partial charge in [-0.05, 0) is 79.9 Å². The second-order valence-electron chi connectivity index (χ2n) is 15.5. The van der Waals surface area contributed by atoms with Gasteiger partial charge in [-0.25, -0.2) is 0 Å². The van der Waals surface area contributed by atoms with Crippen molar-refractivity contribution in [1.29, 1.82) is 0 Å². The van der Waals surface area contributed by atoms with E-state index in [2.05, 4.69) is 223 Å². The van der Waals surface area contributed by atoms with Crippen molar-refractivity contribution in [2.75, 3.05) is 0 Å². The molecule has 0 bridgehead atoms. The fourth-order valence-electron chi connectivity index (χ4n) is 9.83. The molecule has 0 atom stereocenters. The van der Waals surface area contributed by atoms with Gasteiger partial charge in [0.25, 0.3) is 0 Å². The molecule has 0 N–H and O–H groups in total. The molecule has 2 aliphatic heterocycles. The van der Waals surface area contributed by atoms with Gasteiger partial charge in [0.1, 0.15) is 17.2 Å². The highest BCUT2D eigenvalue weighted by Gasteiger charge is 2.44. The minimum atomic E-state index is -2.73. The smallest absolute Gasteiger partial charge is 0.434 e. The lowest BCUT2D eigenvalue weighted by atomic mass is 9.51. The van der Waals surface area contributed by atoms with Crippen molar-refractivity contribution in [3.05, 3.63) is 218 Å². The number of para-hydroxylation sites is 2. The first-order chi connectivity index (χ1) is 29.3. The van der Waals surface area contributed by atoms with Crippen molar-refractivity contribution in [2.45, 2.75) is 0 Å². The first kappa shape index (κ1) is 33.8. The molecular weight excluding hydrogens is 733 g/mol. The van der Waals surface area contributed by atoms with E-state index in [0.717, 1.165) is 56.1 Å². The van der Waals surface area contributed by atoms with Crippen LogP contribution in [0.3, 0.4) is 0 Å². The van der Waals surface area contributed by atoms with Crippen molar-refractivity contribution in [3.8, 4) is 45.2 Å². The van der Waals surface area contributed by atoms with E-state index in [9.17, 15) is 0 Å². The van der Waals surface area contributed by atoms with Crippen LogP contribution < -0.4 is 41.1 Å². The molecule has 3 nitrogen and oxygen atoms in total. The van der Waals surface area contributed by atoms with Crippen LogP contribution in [0, 0.1) is 0 Å². The zero-order chi connectivity index (χ0) is 38.9. The van der Waals surface area contributed by atoms with E-state index in [-0.39, 0.29) is 6.92 Å². The van der Waals surface area contributed by atoms with Gasteiger partial charge >= 0.3 is 6.92 Å². The average Bonchev–Trinajstić information content (AvgIpc) is 3.65. The molecule has 5 heteroatoms. The molecule has 0 unspecified atom stereocenters. The van der Waals surface area contributed by atoms with Gasteiger partial charge in [-0.15, -0.1) is 0 Å². The largest absolute Gasteiger partial charge is 0.551 e. The minimum Gasteiger partial charge on any atom is -0.551 e. The first-order valence-corrected chi connectivity index (χ1v) is 22.3. The zero-order valence-corrected chi connectivity index (χ0v) is 33.1. The molecule has 0 radical (unpaired) electrons. The first-order valence-electron chi connectivity index (χ1n) is 20.3. The summed E-state index contributed by atoms with van der Waals surface area (Å²) < 4.78 is 16.2. The fourth-order valence-corrected chi connectivity index (χ4v) is 14.6. The van der Waals surface area contributed by atoms with Crippen LogP contribution in [-0.2, 0) is 0 Å². The van der Waals surface area contributed by atoms with Crippen LogP contribution in [-0.4, -0.2) is 19.6 Å². The number of rotatable bonds is 6. The van der Waals surface area contributed by atoms with E-state index in [1.54, 1.807) is 0 Å². The number of fused-ring (bicyclic) bond motifs is 7. The molecule has 10 aromatic rings. The summed E-state index contributed by atoms with van der Waals surface area (Å²) in [5.74, 6) is 2.55. The molecule has 0 fully saturated rings. The van der Waals surface area contributed by atoms with Crippen molar-refractivity contribution in [3.63, 3.8) is 0 Å². The third-order valence-electron chi connectivity index (χ3n) is 12.5.